The van der Waals surface area contributed by atoms with E-state index >= 15 is 0 Å². The number of imide groups is 1. The van der Waals surface area contributed by atoms with E-state index in [-0.39, 0.29) is 30.1 Å². The minimum atomic E-state index is -0.358. The number of hydrogen-bond acceptors (Lipinski definition) is 5. The summed E-state index contributed by atoms with van der Waals surface area (Å²) in [4.78, 5) is 38.3. The molecule has 3 rings (SSSR count). The van der Waals surface area contributed by atoms with Gasteiger partial charge in [0.15, 0.2) is 0 Å². The molecule has 0 radical (unpaired) electrons. The molecular formula is C20H17BrN2O4S. The van der Waals surface area contributed by atoms with Crippen LogP contribution in [0.3, 0.4) is 0 Å². The number of rotatable bonds is 6. The number of halogens is 1. The molecule has 1 aliphatic rings. The smallest absolute Gasteiger partial charge is 0.293 e. The van der Waals surface area contributed by atoms with Gasteiger partial charge in [-0.05, 0) is 59.8 Å². The van der Waals surface area contributed by atoms with Crippen LogP contribution in [-0.2, 0) is 4.79 Å². The van der Waals surface area contributed by atoms with E-state index in [2.05, 4.69) is 21.2 Å². The van der Waals surface area contributed by atoms with E-state index in [1.165, 1.54) is 0 Å². The van der Waals surface area contributed by atoms with E-state index in [4.69, 9.17) is 4.74 Å². The number of thioether (sulfide) groups is 1. The maximum Gasteiger partial charge on any atom is 0.293 e. The lowest BCUT2D eigenvalue weighted by Gasteiger charge is -2.13. The van der Waals surface area contributed by atoms with Crippen LogP contribution in [-0.4, -0.2) is 42.2 Å². The zero-order chi connectivity index (χ0) is 20.1. The molecule has 28 heavy (non-hydrogen) atoms. The van der Waals surface area contributed by atoms with Crippen LogP contribution in [0.15, 0.2) is 57.9 Å². The lowest BCUT2D eigenvalue weighted by atomic mass is 10.2. The second-order valence-corrected chi connectivity index (χ2v) is 7.78. The van der Waals surface area contributed by atoms with Crippen molar-refractivity contribution in [2.75, 3.05) is 20.2 Å². The van der Waals surface area contributed by atoms with Crippen molar-refractivity contribution in [2.24, 2.45) is 0 Å². The second-order valence-electron chi connectivity index (χ2n) is 5.87. The van der Waals surface area contributed by atoms with Gasteiger partial charge in [0.1, 0.15) is 5.75 Å². The Morgan fingerprint density at radius 3 is 2.46 bits per heavy atom. The van der Waals surface area contributed by atoms with Crippen molar-refractivity contribution in [3.63, 3.8) is 0 Å². The fourth-order valence-corrected chi connectivity index (χ4v) is 3.66. The van der Waals surface area contributed by atoms with Gasteiger partial charge in [-0.3, -0.25) is 19.3 Å². The van der Waals surface area contributed by atoms with Gasteiger partial charge >= 0.3 is 0 Å². The maximum absolute atomic E-state index is 12.5. The summed E-state index contributed by atoms with van der Waals surface area (Å²) < 4.78 is 5.98. The van der Waals surface area contributed by atoms with Crippen LogP contribution < -0.4 is 10.1 Å². The predicted octanol–water partition coefficient (Wildman–Crippen LogP) is 3.92. The topological polar surface area (TPSA) is 75.7 Å². The third kappa shape index (κ3) is 4.82. The van der Waals surface area contributed by atoms with Crippen LogP contribution in [0.2, 0.25) is 0 Å². The number of carbonyl (C=O) groups is 3. The molecule has 8 heteroatoms. The van der Waals surface area contributed by atoms with Crippen molar-refractivity contribution in [1.29, 1.82) is 0 Å². The lowest BCUT2D eigenvalue weighted by molar-refractivity contribution is -0.122. The molecule has 144 valence electrons. The highest BCUT2D eigenvalue weighted by Gasteiger charge is 2.34. The van der Waals surface area contributed by atoms with Crippen molar-refractivity contribution in [1.82, 2.24) is 10.2 Å². The molecule has 0 saturated carbocycles. The maximum atomic E-state index is 12.5. The van der Waals surface area contributed by atoms with Crippen molar-refractivity contribution in [2.45, 2.75) is 0 Å². The normalized spacial score (nSPS) is 15.2. The average molecular weight is 461 g/mol. The molecule has 0 aromatic heterocycles. The minimum absolute atomic E-state index is 0.118. The summed E-state index contributed by atoms with van der Waals surface area (Å²) in [6, 6.07) is 14.1. The van der Waals surface area contributed by atoms with E-state index in [0.717, 1.165) is 26.7 Å². The molecule has 1 saturated heterocycles. The molecule has 2 aromatic carbocycles. The van der Waals surface area contributed by atoms with Crippen LogP contribution in [0.4, 0.5) is 4.79 Å². The number of nitrogens with zero attached hydrogens (tertiary/aromatic N) is 1. The van der Waals surface area contributed by atoms with Gasteiger partial charge in [0.05, 0.1) is 12.0 Å². The van der Waals surface area contributed by atoms with Gasteiger partial charge in [0.2, 0.25) is 0 Å². The van der Waals surface area contributed by atoms with Crippen LogP contribution >= 0.6 is 27.7 Å². The number of carbonyl (C=O) groups excluding carboxylic acids is 3. The molecule has 1 N–H and O–H groups in total. The van der Waals surface area contributed by atoms with Crippen molar-refractivity contribution < 1.29 is 19.1 Å². The fraction of sp³-hybridized carbons (Fsp3) is 0.150. The Morgan fingerprint density at radius 1 is 1.14 bits per heavy atom. The SMILES string of the molecule is COc1ccc(/C=C2/SC(=O)N(CCNC(=O)c3ccc(Br)cc3)C2=O)cc1. The highest BCUT2D eigenvalue weighted by molar-refractivity contribution is 9.10. The first-order chi connectivity index (χ1) is 13.5. The number of amides is 3. The zero-order valence-electron chi connectivity index (χ0n) is 15.0. The van der Waals surface area contributed by atoms with Crippen LogP contribution in [0.25, 0.3) is 6.08 Å². The highest BCUT2D eigenvalue weighted by atomic mass is 79.9. The Bertz CT molecular complexity index is 926. The Hall–Kier alpha value is -2.58. The minimum Gasteiger partial charge on any atom is -0.497 e. The van der Waals surface area contributed by atoms with Crippen LogP contribution in [0.1, 0.15) is 15.9 Å². The van der Waals surface area contributed by atoms with E-state index in [0.29, 0.717) is 16.2 Å². The lowest BCUT2D eigenvalue weighted by Crippen LogP contribution is -2.37. The summed E-state index contributed by atoms with van der Waals surface area (Å²) >= 11 is 4.21. The number of ether oxygens (including phenoxy) is 1. The highest BCUT2D eigenvalue weighted by Crippen LogP contribution is 2.32. The molecule has 1 heterocycles. The Labute approximate surface area is 175 Å². The molecule has 2 aromatic rings. The van der Waals surface area contributed by atoms with Gasteiger partial charge in [-0.25, -0.2) is 0 Å². The summed E-state index contributed by atoms with van der Waals surface area (Å²) in [5.74, 6) is 0.101. The number of hydrogen-bond donors (Lipinski definition) is 1. The summed E-state index contributed by atoms with van der Waals surface area (Å²) in [6.07, 6.45) is 1.67. The fourth-order valence-electron chi connectivity index (χ4n) is 2.53. The molecule has 1 fully saturated rings. The largest absolute Gasteiger partial charge is 0.497 e. The zero-order valence-corrected chi connectivity index (χ0v) is 17.4. The molecule has 0 bridgehead atoms. The van der Waals surface area contributed by atoms with Gasteiger partial charge < -0.3 is 10.1 Å². The molecule has 6 nitrogen and oxygen atoms in total. The van der Waals surface area contributed by atoms with Crippen molar-refractivity contribution >= 4 is 50.8 Å². The molecule has 0 unspecified atom stereocenters. The quantitative estimate of drug-likeness (QED) is 0.660. The number of nitrogens with one attached hydrogen (secondary N) is 1. The standard InChI is InChI=1S/C20H17BrN2O4S/c1-27-16-8-2-13(3-9-16)12-17-19(25)23(20(26)28-17)11-10-22-18(24)14-4-6-15(21)7-5-14/h2-9,12H,10-11H2,1H3,(H,22,24)/b17-12+. The molecular weight excluding hydrogens is 444 g/mol. The summed E-state index contributed by atoms with van der Waals surface area (Å²) in [7, 11) is 1.58. The number of benzene rings is 2. The van der Waals surface area contributed by atoms with Crippen LogP contribution in [0.5, 0.6) is 5.75 Å². The Morgan fingerprint density at radius 2 is 1.82 bits per heavy atom. The predicted molar refractivity (Wildman–Crippen MR) is 112 cm³/mol. The third-order valence-corrected chi connectivity index (χ3v) is 5.45. The summed E-state index contributed by atoms with van der Waals surface area (Å²) in [5, 5.41) is 2.38. The molecule has 3 amide bonds. The van der Waals surface area contributed by atoms with Crippen molar-refractivity contribution in [3.8, 4) is 5.75 Å². The van der Waals surface area contributed by atoms with E-state index in [1.54, 1.807) is 49.6 Å². The molecule has 0 atom stereocenters. The number of methoxy groups -OCH3 is 1. The van der Waals surface area contributed by atoms with Gasteiger partial charge in [0.25, 0.3) is 17.1 Å². The average Bonchev–Trinajstić information content (AvgIpc) is 2.96. The van der Waals surface area contributed by atoms with E-state index in [9.17, 15) is 14.4 Å². The Kier molecular flexibility index (Phi) is 6.53. The monoisotopic (exact) mass is 460 g/mol. The molecule has 0 aliphatic carbocycles. The van der Waals surface area contributed by atoms with Gasteiger partial charge in [0, 0.05) is 23.1 Å². The van der Waals surface area contributed by atoms with Gasteiger partial charge in [-0.1, -0.05) is 28.1 Å². The summed E-state index contributed by atoms with van der Waals surface area (Å²) in [6.45, 7) is 0.301. The molecule has 1 aliphatic heterocycles. The first-order valence-corrected chi connectivity index (χ1v) is 10.0. The van der Waals surface area contributed by atoms with Crippen molar-refractivity contribution in [3.05, 3.63) is 69.0 Å². The van der Waals surface area contributed by atoms with E-state index in [1.807, 2.05) is 12.1 Å². The first-order valence-electron chi connectivity index (χ1n) is 8.41. The summed E-state index contributed by atoms with van der Waals surface area (Å²) in [5.41, 5.74) is 1.31. The second kappa shape index (κ2) is 9.07. The molecule has 0 spiro atoms. The third-order valence-electron chi connectivity index (χ3n) is 4.01. The first kappa shape index (κ1) is 20.2. The van der Waals surface area contributed by atoms with E-state index < -0.39 is 0 Å². The Balaban J connectivity index is 1.58. The van der Waals surface area contributed by atoms with Crippen LogP contribution in [0, 0.1) is 0 Å². The van der Waals surface area contributed by atoms with Gasteiger partial charge in [-0.2, -0.15) is 0 Å². The van der Waals surface area contributed by atoms with Gasteiger partial charge in [-0.15, -0.1) is 0 Å².